The van der Waals surface area contributed by atoms with Crippen molar-refractivity contribution < 1.29 is 0 Å². The summed E-state index contributed by atoms with van der Waals surface area (Å²) in [6.45, 7) is 1.89. The molecule has 0 atom stereocenters. The molecule has 0 radical (unpaired) electrons. The quantitative estimate of drug-likeness (QED) is 0.613. The third kappa shape index (κ3) is 3.98. The predicted molar refractivity (Wildman–Crippen MR) is 75.5 cm³/mol. The van der Waals surface area contributed by atoms with Crippen LogP contribution in [0.1, 0.15) is 11.4 Å². The Kier molecular flexibility index (Phi) is 4.42. The fourth-order valence-electron chi connectivity index (χ4n) is 1.32. The van der Waals surface area contributed by atoms with Crippen molar-refractivity contribution in [3.63, 3.8) is 0 Å². The molecule has 1 aromatic heterocycles. The van der Waals surface area contributed by atoms with Crippen molar-refractivity contribution in [1.29, 1.82) is 0 Å². The van der Waals surface area contributed by atoms with Gasteiger partial charge >= 0.3 is 0 Å². The molecule has 0 N–H and O–H groups in total. The van der Waals surface area contributed by atoms with Crippen LogP contribution in [0.3, 0.4) is 0 Å². The van der Waals surface area contributed by atoms with Gasteiger partial charge in [0.25, 0.3) is 0 Å². The number of nitrogens with zero attached hydrogens (tertiary/aromatic N) is 2. The Morgan fingerprint density at radius 3 is 2.59 bits per heavy atom. The van der Waals surface area contributed by atoms with Gasteiger partial charge in [-0.1, -0.05) is 23.7 Å². The van der Waals surface area contributed by atoms with Crippen LogP contribution in [0.2, 0.25) is 5.02 Å². The van der Waals surface area contributed by atoms with Crippen LogP contribution in [0.5, 0.6) is 0 Å². The van der Waals surface area contributed by atoms with E-state index in [9.17, 15) is 0 Å². The molecule has 0 unspecified atom stereocenters. The van der Waals surface area contributed by atoms with Gasteiger partial charge in [-0.3, -0.25) is 0 Å². The highest BCUT2D eigenvalue weighted by molar-refractivity contribution is 9.10. The lowest BCUT2D eigenvalue weighted by atomic mass is 10.2. The zero-order valence-electron chi connectivity index (χ0n) is 9.15. The lowest BCUT2D eigenvalue weighted by Gasteiger charge is -2.03. The Morgan fingerprint density at radius 2 is 1.94 bits per heavy atom. The summed E-state index contributed by atoms with van der Waals surface area (Å²) in [6, 6.07) is 9.78. The van der Waals surface area contributed by atoms with Gasteiger partial charge in [0.1, 0.15) is 15.5 Å². The van der Waals surface area contributed by atoms with Gasteiger partial charge in [0.2, 0.25) is 0 Å². The first kappa shape index (κ1) is 12.9. The summed E-state index contributed by atoms with van der Waals surface area (Å²) < 4.78 is 0.823. The molecule has 2 rings (SSSR count). The van der Waals surface area contributed by atoms with Crippen LogP contribution in [0.15, 0.2) is 40.0 Å². The lowest BCUT2D eigenvalue weighted by Crippen LogP contribution is -1.90. The van der Waals surface area contributed by atoms with Crippen molar-refractivity contribution >= 4 is 39.3 Å². The van der Waals surface area contributed by atoms with E-state index in [0.29, 0.717) is 0 Å². The second-order valence-electron chi connectivity index (χ2n) is 3.49. The average molecular weight is 330 g/mol. The molecular formula is C12H10BrClN2S. The van der Waals surface area contributed by atoms with Crippen LogP contribution in [-0.2, 0) is 5.75 Å². The fraction of sp³-hybridized carbons (Fsp3) is 0.167. The minimum Gasteiger partial charge on any atom is -0.227 e. The van der Waals surface area contributed by atoms with Gasteiger partial charge in [0, 0.05) is 16.8 Å². The van der Waals surface area contributed by atoms with Crippen molar-refractivity contribution in [2.45, 2.75) is 17.7 Å². The van der Waals surface area contributed by atoms with Gasteiger partial charge in [0.15, 0.2) is 0 Å². The summed E-state index contributed by atoms with van der Waals surface area (Å²) in [7, 11) is 0. The van der Waals surface area contributed by atoms with Crippen molar-refractivity contribution in [1.82, 2.24) is 9.97 Å². The molecule has 17 heavy (non-hydrogen) atoms. The molecule has 0 amide bonds. The number of thioether (sulfide) groups is 1. The molecule has 2 aromatic rings. The first-order valence-electron chi connectivity index (χ1n) is 5.02. The predicted octanol–water partition coefficient (Wildman–Crippen LogP) is 4.49. The van der Waals surface area contributed by atoms with Crippen LogP contribution in [0.25, 0.3) is 0 Å². The average Bonchev–Trinajstić information content (AvgIpc) is 2.27. The molecule has 0 saturated heterocycles. The topological polar surface area (TPSA) is 25.8 Å². The van der Waals surface area contributed by atoms with Crippen LogP contribution < -0.4 is 0 Å². The van der Waals surface area contributed by atoms with Crippen LogP contribution in [0.4, 0.5) is 0 Å². The molecule has 5 heteroatoms. The van der Waals surface area contributed by atoms with E-state index in [1.165, 1.54) is 5.56 Å². The molecule has 0 saturated carbocycles. The van der Waals surface area contributed by atoms with Crippen molar-refractivity contribution in [2.75, 3.05) is 0 Å². The highest BCUT2D eigenvalue weighted by Crippen LogP contribution is 2.23. The normalized spacial score (nSPS) is 10.5. The van der Waals surface area contributed by atoms with Crippen LogP contribution >= 0.6 is 39.3 Å². The van der Waals surface area contributed by atoms with Gasteiger partial charge in [-0.05, 0) is 40.5 Å². The van der Waals surface area contributed by atoms with E-state index >= 15 is 0 Å². The molecule has 1 aromatic carbocycles. The van der Waals surface area contributed by atoms with E-state index in [0.717, 1.165) is 26.2 Å². The SMILES string of the molecule is Cc1nc(Br)cc(SCc2ccc(Cl)cc2)n1. The van der Waals surface area contributed by atoms with Gasteiger partial charge in [0.05, 0.1) is 0 Å². The summed E-state index contributed by atoms with van der Waals surface area (Å²) in [6.07, 6.45) is 0. The Morgan fingerprint density at radius 1 is 1.24 bits per heavy atom. The second kappa shape index (κ2) is 5.85. The molecule has 1 heterocycles. The summed E-state index contributed by atoms with van der Waals surface area (Å²) in [5, 5.41) is 1.73. The largest absolute Gasteiger partial charge is 0.227 e. The minimum absolute atomic E-state index is 0.763. The smallest absolute Gasteiger partial charge is 0.127 e. The fourth-order valence-corrected chi connectivity index (χ4v) is 2.97. The van der Waals surface area contributed by atoms with E-state index in [4.69, 9.17) is 11.6 Å². The number of aryl methyl sites for hydroxylation is 1. The molecular weight excluding hydrogens is 320 g/mol. The number of benzene rings is 1. The molecule has 0 spiro atoms. The summed E-state index contributed by atoms with van der Waals surface area (Å²) in [5.41, 5.74) is 1.23. The molecule has 2 nitrogen and oxygen atoms in total. The molecule has 0 fully saturated rings. The Bertz CT molecular complexity index is 496. The monoisotopic (exact) mass is 328 g/mol. The van der Waals surface area contributed by atoms with Gasteiger partial charge in [-0.25, -0.2) is 9.97 Å². The summed E-state index contributed by atoms with van der Waals surface area (Å²) >= 11 is 10.9. The first-order valence-corrected chi connectivity index (χ1v) is 7.17. The minimum atomic E-state index is 0.763. The standard InChI is InChI=1S/C12H10BrClN2S/c1-8-15-11(13)6-12(16-8)17-7-9-2-4-10(14)5-3-9/h2-6H,7H2,1H3. The lowest BCUT2D eigenvalue weighted by molar-refractivity contribution is 0.951. The van der Waals surface area contributed by atoms with Crippen molar-refractivity contribution in [3.05, 3.63) is 51.3 Å². The van der Waals surface area contributed by atoms with Crippen molar-refractivity contribution in [2.24, 2.45) is 0 Å². The molecule has 88 valence electrons. The van der Waals surface area contributed by atoms with Gasteiger partial charge in [-0.15, -0.1) is 11.8 Å². The molecule has 0 bridgehead atoms. The van der Waals surface area contributed by atoms with Gasteiger partial charge in [-0.2, -0.15) is 0 Å². The maximum Gasteiger partial charge on any atom is 0.127 e. The van der Waals surface area contributed by atoms with E-state index in [1.807, 2.05) is 37.3 Å². The number of halogens is 2. The second-order valence-corrected chi connectivity index (χ2v) is 5.74. The third-order valence-electron chi connectivity index (χ3n) is 2.08. The molecule has 0 aliphatic heterocycles. The Labute approximate surface area is 118 Å². The summed E-state index contributed by atoms with van der Waals surface area (Å²) in [4.78, 5) is 8.54. The Balaban J connectivity index is 2.04. The van der Waals surface area contributed by atoms with E-state index in [2.05, 4.69) is 25.9 Å². The number of hydrogen-bond acceptors (Lipinski definition) is 3. The van der Waals surface area contributed by atoms with Crippen molar-refractivity contribution in [3.8, 4) is 0 Å². The van der Waals surface area contributed by atoms with Crippen LogP contribution in [-0.4, -0.2) is 9.97 Å². The van der Waals surface area contributed by atoms with E-state index in [1.54, 1.807) is 11.8 Å². The number of aromatic nitrogens is 2. The molecule has 0 aliphatic carbocycles. The highest BCUT2D eigenvalue weighted by Gasteiger charge is 2.01. The maximum absolute atomic E-state index is 5.84. The summed E-state index contributed by atoms with van der Waals surface area (Å²) in [5.74, 6) is 1.65. The zero-order chi connectivity index (χ0) is 12.3. The third-order valence-corrected chi connectivity index (χ3v) is 3.72. The van der Waals surface area contributed by atoms with E-state index in [-0.39, 0.29) is 0 Å². The zero-order valence-corrected chi connectivity index (χ0v) is 12.3. The Hall–Kier alpha value is -0.580. The van der Waals surface area contributed by atoms with Gasteiger partial charge < -0.3 is 0 Å². The van der Waals surface area contributed by atoms with E-state index < -0.39 is 0 Å². The molecule has 0 aliphatic rings. The number of rotatable bonds is 3. The maximum atomic E-state index is 5.84. The number of hydrogen-bond donors (Lipinski definition) is 0. The first-order chi connectivity index (χ1) is 8.13. The van der Waals surface area contributed by atoms with Crippen LogP contribution in [0, 0.1) is 6.92 Å². The highest BCUT2D eigenvalue weighted by atomic mass is 79.9.